The van der Waals surface area contributed by atoms with Crippen molar-refractivity contribution >= 4 is 5.82 Å². The zero-order valence-electron chi connectivity index (χ0n) is 9.53. The van der Waals surface area contributed by atoms with Gasteiger partial charge in [-0.05, 0) is 31.7 Å². The predicted molar refractivity (Wildman–Crippen MR) is 61.8 cm³/mol. The maximum Gasteiger partial charge on any atom is 0.129 e. The van der Waals surface area contributed by atoms with Crippen LogP contribution >= 0.6 is 0 Å². The molecule has 1 aromatic heterocycles. The zero-order chi connectivity index (χ0) is 10.7. The molecule has 1 saturated carbocycles. The third-order valence-electron chi connectivity index (χ3n) is 3.22. The molecule has 0 aromatic carbocycles. The highest BCUT2D eigenvalue weighted by molar-refractivity contribution is 5.34. The molecule has 1 fully saturated rings. The van der Waals surface area contributed by atoms with Crippen molar-refractivity contribution in [2.75, 3.05) is 5.32 Å². The van der Waals surface area contributed by atoms with E-state index in [4.69, 9.17) is 0 Å². The van der Waals surface area contributed by atoms with Crippen LogP contribution in [0.5, 0.6) is 0 Å². The molecule has 0 aliphatic heterocycles. The second-order valence-electron chi connectivity index (χ2n) is 4.50. The Morgan fingerprint density at radius 2 is 2.13 bits per heavy atom. The Hall–Kier alpha value is -1.12. The van der Waals surface area contributed by atoms with Crippen LogP contribution in [-0.2, 0) is 0 Å². The Morgan fingerprint density at radius 1 is 1.33 bits per heavy atom. The standard InChI is InChI=1S/C12H19N3/c1-9-5-3-4-6-11(9)15-12-7-8-13-10(2)14-12/h7-9,11H,3-6H2,1-2H3,(H,13,14,15). The SMILES string of the molecule is Cc1nccc(NC2CCCCC2C)n1. The maximum atomic E-state index is 4.38. The molecule has 0 saturated heterocycles. The third-order valence-corrected chi connectivity index (χ3v) is 3.22. The lowest BCUT2D eigenvalue weighted by atomic mass is 9.86. The van der Waals surface area contributed by atoms with Crippen molar-refractivity contribution in [1.82, 2.24) is 9.97 Å². The van der Waals surface area contributed by atoms with Crippen LogP contribution < -0.4 is 5.32 Å². The van der Waals surface area contributed by atoms with E-state index in [1.165, 1.54) is 25.7 Å². The molecule has 15 heavy (non-hydrogen) atoms. The maximum absolute atomic E-state index is 4.38. The van der Waals surface area contributed by atoms with E-state index >= 15 is 0 Å². The summed E-state index contributed by atoms with van der Waals surface area (Å²) in [6.07, 6.45) is 7.14. The minimum Gasteiger partial charge on any atom is -0.367 e. The van der Waals surface area contributed by atoms with Crippen LogP contribution in [0.25, 0.3) is 0 Å². The summed E-state index contributed by atoms with van der Waals surface area (Å²) < 4.78 is 0. The van der Waals surface area contributed by atoms with Crippen molar-refractivity contribution in [3.8, 4) is 0 Å². The molecule has 0 bridgehead atoms. The van der Waals surface area contributed by atoms with Crippen LogP contribution in [0.4, 0.5) is 5.82 Å². The smallest absolute Gasteiger partial charge is 0.129 e. The summed E-state index contributed by atoms with van der Waals surface area (Å²) in [7, 11) is 0. The Labute approximate surface area is 91.3 Å². The molecule has 2 rings (SSSR count). The quantitative estimate of drug-likeness (QED) is 0.806. The summed E-state index contributed by atoms with van der Waals surface area (Å²) in [5.41, 5.74) is 0. The molecule has 2 unspecified atom stereocenters. The topological polar surface area (TPSA) is 37.8 Å². The van der Waals surface area contributed by atoms with Crippen molar-refractivity contribution in [1.29, 1.82) is 0 Å². The highest BCUT2D eigenvalue weighted by Gasteiger charge is 2.21. The minimum absolute atomic E-state index is 0.591. The van der Waals surface area contributed by atoms with Gasteiger partial charge >= 0.3 is 0 Å². The number of hydrogen-bond donors (Lipinski definition) is 1. The summed E-state index contributed by atoms with van der Waals surface area (Å²) in [5, 5.41) is 3.52. The third kappa shape index (κ3) is 2.67. The fourth-order valence-electron chi connectivity index (χ4n) is 2.26. The lowest BCUT2D eigenvalue weighted by molar-refractivity contribution is 0.349. The Kier molecular flexibility index (Phi) is 3.19. The monoisotopic (exact) mass is 205 g/mol. The molecule has 1 aliphatic carbocycles. The first-order chi connectivity index (χ1) is 7.25. The number of hydrogen-bond acceptors (Lipinski definition) is 3. The van der Waals surface area contributed by atoms with E-state index in [-0.39, 0.29) is 0 Å². The van der Waals surface area contributed by atoms with E-state index in [2.05, 4.69) is 22.2 Å². The Balaban J connectivity index is 2.01. The first kappa shape index (κ1) is 10.4. The number of aromatic nitrogens is 2. The highest BCUT2D eigenvalue weighted by atomic mass is 15.0. The highest BCUT2D eigenvalue weighted by Crippen LogP contribution is 2.26. The van der Waals surface area contributed by atoms with E-state index in [1.807, 2.05) is 19.2 Å². The molecule has 1 N–H and O–H groups in total. The van der Waals surface area contributed by atoms with Crippen molar-refractivity contribution in [3.05, 3.63) is 18.1 Å². The van der Waals surface area contributed by atoms with Gasteiger partial charge in [-0.25, -0.2) is 9.97 Å². The average molecular weight is 205 g/mol. The summed E-state index contributed by atoms with van der Waals surface area (Å²) in [6.45, 7) is 4.25. The molecular weight excluding hydrogens is 186 g/mol. The van der Waals surface area contributed by atoms with Gasteiger partial charge in [0.1, 0.15) is 11.6 Å². The van der Waals surface area contributed by atoms with Gasteiger partial charge in [-0.1, -0.05) is 19.8 Å². The molecule has 0 radical (unpaired) electrons. The van der Waals surface area contributed by atoms with Gasteiger partial charge in [-0.15, -0.1) is 0 Å². The van der Waals surface area contributed by atoms with Crippen molar-refractivity contribution < 1.29 is 0 Å². The van der Waals surface area contributed by atoms with Gasteiger partial charge < -0.3 is 5.32 Å². The fraction of sp³-hybridized carbons (Fsp3) is 0.667. The summed E-state index contributed by atoms with van der Waals surface area (Å²) in [6, 6.07) is 2.54. The van der Waals surface area contributed by atoms with Crippen molar-refractivity contribution in [2.24, 2.45) is 5.92 Å². The van der Waals surface area contributed by atoms with Gasteiger partial charge in [-0.2, -0.15) is 0 Å². The second kappa shape index (κ2) is 4.60. The normalized spacial score (nSPS) is 26.3. The number of aryl methyl sites for hydroxylation is 1. The zero-order valence-corrected chi connectivity index (χ0v) is 9.53. The van der Waals surface area contributed by atoms with Crippen LogP contribution in [0.1, 0.15) is 38.4 Å². The number of anilines is 1. The summed E-state index contributed by atoms with van der Waals surface area (Å²) in [5.74, 6) is 2.57. The molecule has 3 heteroatoms. The lowest BCUT2D eigenvalue weighted by Gasteiger charge is -2.29. The van der Waals surface area contributed by atoms with Crippen molar-refractivity contribution in [2.45, 2.75) is 45.6 Å². The predicted octanol–water partition coefficient (Wildman–Crippen LogP) is 2.78. The Morgan fingerprint density at radius 3 is 2.87 bits per heavy atom. The molecule has 82 valence electrons. The van der Waals surface area contributed by atoms with Gasteiger partial charge in [0.05, 0.1) is 0 Å². The van der Waals surface area contributed by atoms with Gasteiger partial charge in [-0.3, -0.25) is 0 Å². The molecule has 1 aliphatic rings. The average Bonchev–Trinajstić information content (AvgIpc) is 2.22. The van der Waals surface area contributed by atoms with E-state index in [1.54, 1.807) is 0 Å². The molecule has 3 nitrogen and oxygen atoms in total. The lowest BCUT2D eigenvalue weighted by Crippen LogP contribution is -2.30. The molecule has 1 aromatic rings. The van der Waals surface area contributed by atoms with E-state index < -0.39 is 0 Å². The van der Waals surface area contributed by atoms with Gasteiger partial charge in [0, 0.05) is 12.2 Å². The van der Waals surface area contributed by atoms with Gasteiger partial charge in [0.2, 0.25) is 0 Å². The number of nitrogens with zero attached hydrogens (tertiary/aromatic N) is 2. The van der Waals surface area contributed by atoms with Gasteiger partial charge in [0.15, 0.2) is 0 Å². The van der Waals surface area contributed by atoms with Crippen LogP contribution in [0.15, 0.2) is 12.3 Å². The number of nitrogens with one attached hydrogen (secondary N) is 1. The minimum atomic E-state index is 0.591. The van der Waals surface area contributed by atoms with Crippen LogP contribution in [0.2, 0.25) is 0 Å². The van der Waals surface area contributed by atoms with Crippen molar-refractivity contribution in [3.63, 3.8) is 0 Å². The fourth-order valence-corrected chi connectivity index (χ4v) is 2.26. The van der Waals surface area contributed by atoms with E-state index in [0.717, 1.165) is 17.6 Å². The van der Waals surface area contributed by atoms with Crippen LogP contribution in [-0.4, -0.2) is 16.0 Å². The largest absolute Gasteiger partial charge is 0.367 e. The molecule has 0 spiro atoms. The first-order valence-electron chi connectivity index (χ1n) is 5.82. The second-order valence-corrected chi connectivity index (χ2v) is 4.50. The van der Waals surface area contributed by atoms with Crippen LogP contribution in [0, 0.1) is 12.8 Å². The molecule has 0 amide bonds. The number of rotatable bonds is 2. The van der Waals surface area contributed by atoms with E-state index in [9.17, 15) is 0 Å². The molecule has 2 atom stereocenters. The first-order valence-corrected chi connectivity index (χ1v) is 5.82. The molecule has 1 heterocycles. The molecular formula is C12H19N3. The van der Waals surface area contributed by atoms with E-state index in [0.29, 0.717) is 6.04 Å². The summed E-state index contributed by atoms with van der Waals surface area (Å²) in [4.78, 5) is 8.48. The Bertz CT molecular complexity index is 324. The summed E-state index contributed by atoms with van der Waals surface area (Å²) >= 11 is 0. The van der Waals surface area contributed by atoms with Gasteiger partial charge in [0.25, 0.3) is 0 Å². The van der Waals surface area contributed by atoms with Crippen LogP contribution in [0.3, 0.4) is 0 Å².